The van der Waals surface area contributed by atoms with Crippen LogP contribution in [0.1, 0.15) is 12.8 Å². The summed E-state index contributed by atoms with van der Waals surface area (Å²) in [4.78, 5) is 0. The van der Waals surface area contributed by atoms with E-state index >= 15 is 0 Å². The molecule has 2 nitrogen and oxygen atoms in total. The molecule has 1 saturated carbocycles. The molecule has 3 heteroatoms. The van der Waals surface area contributed by atoms with Gasteiger partial charge < -0.3 is 10.4 Å². The van der Waals surface area contributed by atoms with Gasteiger partial charge >= 0.3 is 0 Å². The summed E-state index contributed by atoms with van der Waals surface area (Å²) < 4.78 is -0.221. The summed E-state index contributed by atoms with van der Waals surface area (Å²) in [5.41, 5.74) is 0. The molecule has 9 heavy (non-hydrogen) atoms. The van der Waals surface area contributed by atoms with Crippen molar-refractivity contribution >= 4 is 22.6 Å². The molecule has 1 aliphatic carbocycles. The second-order valence-electron chi connectivity index (χ2n) is 2.54. The van der Waals surface area contributed by atoms with E-state index in [1.165, 1.54) is 12.8 Å². The van der Waals surface area contributed by atoms with Crippen LogP contribution < -0.4 is 5.32 Å². The van der Waals surface area contributed by atoms with E-state index in [0.717, 1.165) is 19.0 Å². The Bertz CT molecular complexity index is 81.1. The van der Waals surface area contributed by atoms with Crippen molar-refractivity contribution in [2.75, 3.05) is 13.1 Å². The molecule has 0 radical (unpaired) electrons. The Labute approximate surface area is 69.2 Å². The van der Waals surface area contributed by atoms with Crippen LogP contribution >= 0.6 is 22.6 Å². The van der Waals surface area contributed by atoms with Gasteiger partial charge in [0.1, 0.15) is 4.11 Å². The monoisotopic (exact) mass is 241 g/mol. The average Bonchev–Trinajstić information content (AvgIpc) is 2.48. The first-order valence-corrected chi connectivity index (χ1v) is 4.56. The number of nitrogens with one attached hydrogen (secondary N) is 1. The number of alkyl halides is 1. The molecule has 0 amide bonds. The molecule has 0 bridgehead atoms. The first kappa shape index (κ1) is 7.75. The van der Waals surface area contributed by atoms with Gasteiger partial charge in [0.2, 0.25) is 0 Å². The maximum atomic E-state index is 8.81. The molecule has 1 unspecified atom stereocenters. The Morgan fingerprint density at radius 3 is 2.78 bits per heavy atom. The van der Waals surface area contributed by atoms with E-state index in [9.17, 15) is 0 Å². The third kappa shape index (κ3) is 4.11. The Hall–Kier alpha value is 0.650. The van der Waals surface area contributed by atoms with E-state index in [1.54, 1.807) is 0 Å². The quantitative estimate of drug-likeness (QED) is 0.562. The lowest BCUT2D eigenvalue weighted by atomic mass is 10.4. The lowest BCUT2D eigenvalue weighted by Crippen LogP contribution is -2.24. The van der Waals surface area contributed by atoms with Gasteiger partial charge in [0.25, 0.3) is 0 Å². The summed E-state index contributed by atoms with van der Waals surface area (Å²) in [6.45, 7) is 1.83. The predicted molar refractivity (Wildman–Crippen MR) is 45.6 cm³/mol. The molecule has 1 atom stereocenters. The van der Waals surface area contributed by atoms with Gasteiger partial charge in [0, 0.05) is 6.54 Å². The molecule has 0 spiro atoms. The predicted octanol–water partition coefficient (Wildman–Crippen LogP) is 0.739. The maximum Gasteiger partial charge on any atom is 0.117 e. The second-order valence-corrected chi connectivity index (χ2v) is 3.97. The molecule has 0 aliphatic heterocycles. The lowest BCUT2D eigenvalue weighted by molar-refractivity contribution is 0.273. The van der Waals surface area contributed by atoms with Crippen LogP contribution in [0.3, 0.4) is 0 Å². The van der Waals surface area contributed by atoms with Gasteiger partial charge in [0.15, 0.2) is 0 Å². The normalized spacial score (nSPS) is 22.0. The summed E-state index contributed by atoms with van der Waals surface area (Å²) in [5.74, 6) is 0.917. The zero-order chi connectivity index (χ0) is 6.69. The fourth-order valence-electron chi connectivity index (χ4n) is 0.729. The maximum absolute atomic E-state index is 8.81. The second kappa shape index (κ2) is 3.73. The van der Waals surface area contributed by atoms with Crippen LogP contribution in [0.15, 0.2) is 0 Å². The van der Waals surface area contributed by atoms with Crippen molar-refractivity contribution in [1.29, 1.82) is 0 Å². The zero-order valence-corrected chi connectivity index (χ0v) is 7.47. The highest BCUT2D eigenvalue weighted by atomic mass is 127. The van der Waals surface area contributed by atoms with E-state index < -0.39 is 0 Å². The van der Waals surface area contributed by atoms with Gasteiger partial charge in [-0.25, -0.2) is 0 Å². The van der Waals surface area contributed by atoms with Gasteiger partial charge in [-0.2, -0.15) is 0 Å². The highest BCUT2D eigenvalue weighted by Gasteiger charge is 2.20. The molecular formula is C6H12INO. The van der Waals surface area contributed by atoms with Gasteiger partial charge in [-0.1, -0.05) is 22.6 Å². The fourth-order valence-corrected chi connectivity index (χ4v) is 1.04. The van der Waals surface area contributed by atoms with Crippen LogP contribution in [0, 0.1) is 5.92 Å². The van der Waals surface area contributed by atoms with Gasteiger partial charge in [0.05, 0.1) is 0 Å². The third-order valence-corrected chi connectivity index (χ3v) is 1.88. The molecule has 0 aromatic heterocycles. The van der Waals surface area contributed by atoms with Crippen molar-refractivity contribution in [2.24, 2.45) is 5.92 Å². The number of aliphatic hydroxyl groups is 1. The lowest BCUT2D eigenvalue weighted by Gasteiger charge is -2.02. The molecule has 1 rings (SSSR count). The molecule has 0 aromatic rings. The van der Waals surface area contributed by atoms with E-state index in [1.807, 2.05) is 22.6 Å². The highest BCUT2D eigenvalue weighted by Crippen LogP contribution is 2.27. The van der Waals surface area contributed by atoms with Crippen LogP contribution in [-0.2, 0) is 0 Å². The van der Waals surface area contributed by atoms with E-state index in [2.05, 4.69) is 5.32 Å². The Morgan fingerprint density at radius 2 is 2.33 bits per heavy atom. The molecule has 1 fully saturated rings. The highest BCUT2D eigenvalue weighted by molar-refractivity contribution is 14.1. The Morgan fingerprint density at radius 1 is 1.67 bits per heavy atom. The van der Waals surface area contributed by atoms with Crippen LogP contribution in [-0.4, -0.2) is 22.3 Å². The minimum absolute atomic E-state index is 0.221. The standard InChI is InChI=1S/C6H12INO/c7-6(9)4-8-3-5-1-2-5/h5-6,8-9H,1-4H2. The smallest absolute Gasteiger partial charge is 0.117 e. The first-order valence-electron chi connectivity index (χ1n) is 3.32. The van der Waals surface area contributed by atoms with Crippen molar-refractivity contribution in [2.45, 2.75) is 17.0 Å². The van der Waals surface area contributed by atoms with Crippen molar-refractivity contribution in [1.82, 2.24) is 5.32 Å². The van der Waals surface area contributed by atoms with Crippen molar-refractivity contribution < 1.29 is 5.11 Å². The van der Waals surface area contributed by atoms with Crippen LogP contribution in [0.4, 0.5) is 0 Å². The summed E-state index contributed by atoms with van der Waals surface area (Å²) in [6.07, 6.45) is 2.76. The van der Waals surface area contributed by atoms with Crippen molar-refractivity contribution in [3.05, 3.63) is 0 Å². The molecule has 54 valence electrons. The largest absolute Gasteiger partial charge is 0.381 e. The van der Waals surface area contributed by atoms with E-state index in [0.29, 0.717) is 0 Å². The van der Waals surface area contributed by atoms with Gasteiger partial charge in [-0.15, -0.1) is 0 Å². The van der Waals surface area contributed by atoms with Gasteiger partial charge in [-0.05, 0) is 25.3 Å². The molecule has 0 aromatic carbocycles. The topological polar surface area (TPSA) is 32.3 Å². The number of hydrogen-bond donors (Lipinski definition) is 2. The average molecular weight is 241 g/mol. The molecule has 0 heterocycles. The van der Waals surface area contributed by atoms with Gasteiger partial charge in [-0.3, -0.25) is 0 Å². The van der Waals surface area contributed by atoms with Crippen LogP contribution in [0.25, 0.3) is 0 Å². The summed E-state index contributed by atoms with van der Waals surface area (Å²) in [5, 5.41) is 12.0. The Balaban J connectivity index is 1.81. The minimum Gasteiger partial charge on any atom is -0.381 e. The summed E-state index contributed by atoms with van der Waals surface area (Å²) >= 11 is 2.00. The van der Waals surface area contributed by atoms with Crippen LogP contribution in [0.2, 0.25) is 0 Å². The minimum atomic E-state index is -0.221. The SMILES string of the molecule is OC(I)CNCC1CC1. The fraction of sp³-hybridized carbons (Fsp3) is 1.00. The third-order valence-electron chi connectivity index (χ3n) is 1.44. The number of halogens is 1. The molecular weight excluding hydrogens is 229 g/mol. The zero-order valence-electron chi connectivity index (χ0n) is 5.31. The van der Waals surface area contributed by atoms with E-state index in [-0.39, 0.29) is 4.11 Å². The summed E-state index contributed by atoms with van der Waals surface area (Å²) in [6, 6.07) is 0. The Kier molecular flexibility index (Phi) is 3.21. The molecule has 2 N–H and O–H groups in total. The molecule has 1 aliphatic rings. The summed E-state index contributed by atoms with van der Waals surface area (Å²) in [7, 11) is 0. The van der Waals surface area contributed by atoms with Crippen molar-refractivity contribution in [3.63, 3.8) is 0 Å². The van der Waals surface area contributed by atoms with Crippen molar-refractivity contribution in [3.8, 4) is 0 Å². The van der Waals surface area contributed by atoms with E-state index in [4.69, 9.17) is 5.11 Å². The number of aliphatic hydroxyl groups excluding tert-OH is 1. The molecule has 0 saturated heterocycles. The number of rotatable bonds is 4. The number of hydrogen-bond acceptors (Lipinski definition) is 2. The van der Waals surface area contributed by atoms with Crippen LogP contribution in [0.5, 0.6) is 0 Å². The first-order chi connectivity index (χ1) is 4.29.